The van der Waals surface area contributed by atoms with Gasteiger partial charge in [-0.25, -0.2) is 0 Å². The number of hydrogen-bond acceptors (Lipinski definition) is 5. The van der Waals surface area contributed by atoms with Crippen LogP contribution in [0.1, 0.15) is 10.4 Å². The van der Waals surface area contributed by atoms with Gasteiger partial charge in [0.25, 0.3) is 11.8 Å². The number of nitrogens with zero attached hydrogens (tertiary/aromatic N) is 2. The van der Waals surface area contributed by atoms with Gasteiger partial charge in [-0.1, -0.05) is 28.3 Å². The lowest BCUT2D eigenvalue weighted by atomic mass is 10.2. The van der Waals surface area contributed by atoms with Crippen molar-refractivity contribution in [2.24, 2.45) is 0 Å². The van der Waals surface area contributed by atoms with Crippen LogP contribution in [0.2, 0.25) is 10.0 Å². The standard InChI is InChI=1S/C13H7Cl2N3O3/c14-8-4-3-7(6-9(8)15)11(19)16-13-18-17-12(21-13)10-2-1-5-20-10/h1-6H,(H,16,18,19). The van der Waals surface area contributed by atoms with Crippen molar-refractivity contribution >= 4 is 35.1 Å². The maximum Gasteiger partial charge on any atom is 0.322 e. The van der Waals surface area contributed by atoms with Gasteiger partial charge in [-0.05, 0) is 30.3 Å². The van der Waals surface area contributed by atoms with E-state index in [1.807, 2.05) is 0 Å². The maximum absolute atomic E-state index is 12.0. The first-order valence-corrected chi connectivity index (χ1v) is 6.53. The number of anilines is 1. The molecule has 106 valence electrons. The highest BCUT2D eigenvalue weighted by Gasteiger charge is 2.14. The largest absolute Gasteiger partial charge is 0.459 e. The fourth-order valence-corrected chi connectivity index (χ4v) is 1.88. The number of carbonyl (C=O) groups excluding carboxylic acids is 1. The van der Waals surface area contributed by atoms with E-state index >= 15 is 0 Å². The first kappa shape index (κ1) is 13.7. The molecule has 0 radical (unpaired) electrons. The van der Waals surface area contributed by atoms with Crippen LogP contribution >= 0.6 is 23.2 Å². The zero-order valence-electron chi connectivity index (χ0n) is 10.3. The number of furan rings is 1. The molecule has 3 rings (SSSR count). The zero-order chi connectivity index (χ0) is 14.8. The van der Waals surface area contributed by atoms with Gasteiger partial charge in [0, 0.05) is 5.56 Å². The summed E-state index contributed by atoms with van der Waals surface area (Å²) in [5.41, 5.74) is 0.321. The minimum Gasteiger partial charge on any atom is -0.459 e. The van der Waals surface area contributed by atoms with E-state index in [9.17, 15) is 4.79 Å². The van der Waals surface area contributed by atoms with E-state index in [-0.39, 0.29) is 16.9 Å². The molecule has 0 bridgehead atoms. The molecule has 1 N–H and O–H groups in total. The minimum absolute atomic E-state index is 0.0440. The summed E-state index contributed by atoms with van der Waals surface area (Å²) >= 11 is 11.6. The second-order valence-corrected chi connectivity index (χ2v) is 4.79. The summed E-state index contributed by atoms with van der Waals surface area (Å²) in [6.07, 6.45) is 1.48. The molecular formula is C13H7Cl2N3O3. The number of benzene rings is 1. The Labute approximate surface area is 128 Å². The molecule has 0 fully saturated rings. The Hall–Kier alpha value is -2.31. The van der Waals surface area contributed by atoms with Gasteiger partial charge in [0.15, 0.2) is 5.76 Å². The molecule has 6 nitrogen and oxygen atoms in total. The number of aromatic nitrogens is 2. The van der Waals surface area contributed by atoms with E-state index in [0.717, 1.165) is 0 Å². The van der Waals surface area contributed by atoms with Gasteiger partial charge in [0.05, 0.1) is 16.3 Å². The van der Waals surface area contributed by atoms with Crippen LogP contribution in [0, 0.1) is 0 Å². The Morgan fingerprint density at radius 3 is 2.71 bits per heavy atom. The summed E-state index contributed by atoms with van der Waals surface area (Å²) in [7, 11) is 0. The normalized spacial score (nSPS) is 10.6. The Morgan fingerprint density at radius 2 is 2.00 bits per heavy atom. The molecule has 2 aromatic heterocycles. The predicted molar refractivity (Wildman–Crippen MR) is 76.4 cm³/mol. The first-order chi connectivity index (χ1) is 10.1. The summed E-state index contributed by atoms with van der Waals surface area (Å²) in [5, 5.41) is 10.6. The number of hydrogen-bond donors (Lipinski definition) is 1. The number of nitrogens with one attached hydrogen (secondary N) is 1. The third-order valence-corrected chi connectivity index (χ3v) is 3.30. The van der Waals surface area contributed by atoms with Crippen molar-refractivity contribution in [3.05, 3.63) is 52.2 Å². The lowest BCUT2D eigenvalue weighted by Crippen LogP contribution is -2.12. The quantitative estimate of drug-likeness (QED) is 0.790. The second-order valence-electron chi connectivity index (χ2n) is 3.97. The highest BCUT2D eigenvalue weighted by molar-refractivity contribution is 6.42. The van der Waals surface area contributed by atoms with Crippen LogP contribution in [0.3, 0.4) is 0 Å². The van der Waals surface area contributed by atoms with Crippen LogP contribution in [-0.4, -0.2) is 16.1 Å². The van der Waals surface area contributed by atoms with Crippen molar-refractivity contribution in [2.75, 3.05) is 5.32 Å². The summed E-state index contributed by atoms with van der Waals surface area (Å²) in [4.78, 5) is 12.0. The molecule has 8 heteroatoms. The lowest BCUT2D eigenvalue weighted by molar-refractivity contribution is 0.102. The fraction of sp³-hybridized carbons (Fsp3) is 0. The molecule has 2 heterocycles. The van der Waals surface area contributed by atoms with E-state index in [0.29, 0.717) is 16.3 Å². The van der Waals surface area contributed by atoms with E-state index in [2.05, 4.69) is 15.5 Å². The van der Waals surface area contributed by atoms with Crippen molar-refractivity contribution in [1.82, 2.24) is 10.2 Å². The smallest absolute Gasteiger partial charge is 0.322 e. The number of halogens is 2. The van der Waals surface area contributed by atoms with Crippen LogP contribution in [0.4, 0.5) is 6.01 Å². The molecule has 0 atom stereocenters. The molecule has 0 unspecified atom stereocenters. The molecule has 0 aliphatic rings. The van der Waals surface area contributed by atoms with Crippen molar-refractivity contribution in [3.63, 3.8) is 0 Å². The van der Waals surface area contributed by atoms with Gasteiger partial charge >= 0.3 is 6.01 Å². The van der Waals surface area contributed by atoms with Crippen molar-refractivity contribution in [2.45, 2.75) is 0 Å². The topological polar surface area (TPSA) is 81.2 Å². The Balaban J connectivity index is 1.77. The molecule has 21 heavy (non-hydrogen) atoms. The Kier molecular flexibility index (Phi) is 3.64. The molecule has 0 saturated heterocycles. The highest BCUT2D eigenvalue weighted by Crippen LogP contribution is 2.24. The van der Waals surface area contributed by atoms with Gasteiger partial charge in [-0.15, -0.1) is 5.10 Å². The van der Waals surface area contributed by atoms with Crippen molar-refractivity contribution in [3.8, 4) is 11.7 Å². The summed E-state index contributed by atoms with van der Waals surface area (Å²) in [6.45, 7) is 0. The minimum atomic E-state index is -0.441. The van der Waals surface area contributed by atoms with E-state index < -0.39 is 5.91 Å². The van der Waals surface area contributed by atoms with Gasteiger partial charge < -0.3 is 8.83 Å². The van der Waals surface area contributed by atoms with Crippen LogP contribution in [0.25, 0.3) is 11.7 Å². The van der Waals surface area contributed by atoms with E-state index in [1.165, 1.54) is 24.5 Å². The third kappa shape index (κ3) is 2.91. The van der Waals surface area contributed by atoms with Crippen LogP contribution in [0.15, 0.2) is 45.4 Å². The number of amides is 1. The molecule has 0 aliphatic heterocycles. The predicted octanol–water partition coefficient (Wildman–Crippen LogP) is 3.89. The average molecular weight is 324 g/mol. The zero-order valence-corrected chi connectivity index (χ0v) is 11.9. The molecule has 3 aromatic rings. The second kappa shape index (κ2) is 5.59. The molecule has 0 saturated carbocycles. The van der Waals surface area contributed by atoms with Crippen molar-refractivity contribution in [1.29, 1.82) is 0 Å². The highest BCUT2D eigenvalue weighted by atomic mass is 35.5. The van der Waals surface area contributed by atoms with Gasteiger partial charge in [0.2, 0.25) is 0 Å². The average Bonchev–Trinajstić information content (AvgIpc) is 3.12. The van der Waals surface area contributed by atoms with Crippen LogP contribution < -0.4 is 5.32 Å². The number of carbonyl (C=O) groups is 1. The van der Waals surface area contributed by atoms with Gasteiger partial charge in [-0.3, -0.25) is 10.1 Å². The molecule has 0 aliphatic carbocycles. The Morgan fingerprint density at radius 1 is 1.14 bits per heavy atom. The van der Waals surface area contributed by atoms with Gasteiger partial charge in [-0.2, -0.15) is 0 Å². The molecule has 1 aromatic carbocycles. The number of rotatable bonds is 3. The third-order valence-electron chi connectivity index (χ3n) is 2.56. The lowest BCUT2D eigenvalue weighted by Gasteiger charge is -2.02. The van der Waals surface area contributed by atoms with Crippen LogP contribution in [0.5, 0.6) is 0 Å². The van der Waals surface area contributed by atoms with E-state index in [1.54, 1.807) is 12.1 Å². The molecular weight excluding hydrogens is 317 g/mol. The molecule has 0 spiro atoms. The van der Waals surface area contributed by atoms with E-state index in [4.69, 9.17) is 32.0 Å². The fourth-order valence-electron chi connectivity index (χ4n) is 1.58. The monoisotopic (exact) mass is 323 g/mol. The SMILES string of the molecule is O=C(Nc1nnc(-c2ccco2)o1)c1ccc(Cl)c(Cl)c1. The summed E-state index contributed by atoms with van der Waals surface area (Å²) in [6, 6.07) is 7.82. The maximum atomic E-state index is 12.0. The summed E-state index contributed by atoms with van der Waals surface area (Å²) in [5.74, 6) is 0.144. The molecule has 1 amide bonds. The Bertz CT molecular complexity index is 784. The summed E-state index contributed by atoms with van der Waals surface area (Å²) < 4.78 is 10.4. The first-order valence-electron chi connectivity index (χ1n) is 5.77. The van der Waals surface area contributed by atoms with Gasteiger partial charge in [0.1, 0.15) is 0 Å². The van der Waals surface area contributed by atoms with Crippen LogP contribution in [-0.2, 0) is 0 Å². The van der Waals surface area contributed by atoms with Crippen molar-refractivity contribution < 1.29 is 13.6 Å².